The second-order valence-corrected chi connectivity index (χ2v) is 6.07. The minimum atomic E-state index is 0.478. The van der Waals surface area contributed by atoms with Gasteiger partial charge < -0.3 is 10.6 Å². The van der Waals surface area contributed by atoms with Crippen LogP contribution in [0.4, 0.5) is 5.69 Å². The third-order valence-electron chi connectivity index (χ3n) is 4.17. The van der Waals surface area contributed by atoms with Gasteiger partial charge in [-0.25, -0.2) is 0 Å². The number of hydrogen-bond donors (Lipinski definition) is 1. The van der Waals surface area contributed by atoms with Crippen LogP contribution in [0.15, 0.2) is 42.5 Å². The molecule has 1 heterocycles. The van der Waals surface area contributed by atoms with Crippen LogP contribution in [0, 0.1) is 6.92 Å². The number of para-hydroxylation sites is 1. The molecular formula is C18H20N2S. The first-order valence-corrected chi connectivity index (χ1v) is 7.79. The van der Waals surface area contributed by atoms with E-state index in [4.69, 9.17) is 18.0 Å². The van der Waals surface area contributed by atoms with Crippen LogP contribution < -0.4 is 10.6 Å². The number of fused-ring (bicyclic) bond motifs is 1. The first-order valence-electron chi connectivity index (χ1n) is 7.38. The van der Waals surface area contributed by atoms with Gasteiger partial charge in [-0.1, -0.05) is 48.6 Å². The summed E-state index contributed by atoms with van der Waals surface area (Å²) in [5.41, 5.74) is 12.2. The first kappa shape index (κ1) is 14.1. The maximum absolute atomic E-state index is 5.93. The van der Waals surface area contributed by atoms with Crippen molar-refractivity contribution in [3.8, 4) is 0 Å². The predicted octanol–water partition coefficient (Wildman–Crippen LogP) is 3.58. The number of nitrogens with two attached hydrogens (primary N) is 1. The van der Waals surface area contributed by atoms with E-state index in [1.54, 1.807) is 0 Å². The molecule has 1 aliphatic rings. The van der Waals surface area contributed by atoms with Gasteiger partial charge in [0.1, 0.15) is 4.99 Å². The lowest BCUT2D eigenvalue weighted by molar-refractivity contribution is 0.763. The molecule has 0 radical (unpaired) electrons. The first-order chi connectivity index (χ1) is 10.2. The van der Waals surface area contributed by atoms with Gasteiger partial charge in [-0.3, -0.25) is 0 Å². The SMILES string of the molecule is Cc1cccc(C(N)=S)c1N1CCCc2ccccc2C1. The van der Waals surface area contributed by atoms with Crippen molar-refractivity contribution in [3.63, 3.8) is 0 Å². The zero-order valence-electron chi connectivity index (χ0n) is 12.3. The van der Waals surface area contributed by atoms with Gasteiger partial charge in [-0.05, 0) is 42.5 Å². The molecule has 2 nitrogen and oxygen atoms in total. The molecular weight excluding hydrogens is 276 g/mol. The van der Waals surface area contributed by atoms with E-state index in [9.17, 15) is 0 Å². The quantitative estimate of drug-likeness (QED) is 0.859. The highest BCUT2D eigenvalue weighted by Crippen LogP contribution is 2.29. The maximum atomic E-state index is 5.93. The normalized spacial score (nSPS) is 14.4. The van der Waals surface area contributed by atoms with Crippen LogP contribution in [-0.2, 0) is 13.0 Å². The lowest BCUT2D eigenvalue weighted by Gasteiger charge is -2.27. The molecule has 0 unspecified atom stereocenters. The summed E-state index contributed by atoms with van der Waals surface area (Å²) in [5.74, 6) is 0. The molecule has 2 aromatic carbocycles. The van der Waals surface area contributed by atoms with Gasteiger partial charge in [0, 0.05) is 18.7 Å². The van der Waals surface area contributed by atoms with E-state index in [1.165, 1.54) is 22.4 Å². The second kappa shape index (κ2) is 5.86. The topological polar surface area (TPSA) is 29.3 Å². The molecule has 0 saturated carbocycles. The van der Waals surface area contributed by atoms with E-state index in [-0.39, 0.29) is 0 Å². The minimum Gasteiger partial charge on any atom is -0.389 e. The number of thiocarbonyl (C=S) groups is 1. The summed E-state index contributed by atoms with van der Waals surface area (Å²) in [6.07, 6.45) is 2.29. The fourth-order valence-electron chi connectivity index (χ4n) is 3.17. The third-order valence-corrected chi connectivity index (χ3v) is 4.39. The standard InChI is InChI=1S/C18H20N2S/c1-13-6-4-10-16(18(19)21)17(13)20-11-5-9-14-7-2-3-8-15(14)12-20/h2-4,6-8,10H,5,9,11-12H2,1H3,(H2,19,21). The Labute approximate surface area is 131 Å². The minimum absolute atomic E-state index is 0.478. The molecule has 2 aromatic rings. The number of benzene rings is 2. The Kier molecular flexibility index (Phi) is 3.93. The number of hydrogen-bond acceptors (Lipinski definition) is 2. The summed E-state index contributed by atoms with van der Waals surface area (Å²) in [7, 11) is 0. The van der Waals surface area contributed by atoms with Crippen LogP contribution >= 0.6 is 12.2 Å². The van der Waals surface area contributed by atoms with Gasteiger partial charge in [-0.2, -0.15) is 0 Å². The lowest BCUT2D eigenvalue weighted by Crippen LogP contribution is -2.26. The van der Waals surface area contributed by atoms with Crippen molar-refractivity contribution in [2.24, 2.45) is 5.73 Å². The van der Waals surface area contributed by atoms with Crippen molar-refractivity contribution >= 4 is 22.9 Å². The summed E-state index contributed by atoms with van der Waals surface area (Å²) in [4.78, 5) is 2.90. The van der Waals surface area contributed by atoms with E-state index >= 15 is 0 Å². The van der Waals surface area contributed by atoms with Crippen molar-refractivity contribution in [1.82, 2.24) is 0 Å². The monoisotopic (exact) mass is 296 g/mol. The molecule has 2 N–H and O–H groups in total. The van der Waals surface area contributed by atoms with E-state index < -0.39 is 0 Å². The van der Waals surface area contributed by atoms with Crippen molar-refractivity contribution in [3.05, 3.63) is 64.7 Å². The molecule has 0 fully saturated rings. The summed E-state index contributed by atoms with van der Waals surface area (Å²) in [6, 6.07) is 14.9. The maximum Gasteiger partial charge on any atom is 0.106 e. The van der Waals surface area contributed by atoms with Gasteiger partial charge in [0.25, 0.3) is 0 Å². The zero-order valence-corrected chi connectivity index (χ0v) is 13.1. The molecule has 108 valence electrons. The highest BCUT2D eigenvalue weighted by molar-refractivity contribution is 7.80. The van der Waals surface area contributed by atoms with Crippen LogP contribution in [0.1, 0.15) is 28.7 Å². The van der Waals surface area contributed by atoms with Crippen LogP contribution in [0.2, 0.25) is 0 Å². The van der Waals surface area contributed by atoms with Crippen LogP contribution in [0.25, 0.3) is 0 Å². The highest BCUT2D eigenvalue weighted by atomic mass is 32.1. The molecule has 0 saturated heterocycles. The molecule has 0 bridgehead atoms. The number of anilines is 1. The Morgan fingerprint density at radius 1 is 1.10 bits per heavy atom. The predicted molar refractivity (Wildman–Crippen MR) is 92.9 cm³/mol. The molecule has 21 heavy (non-hydrogen) atoms. The van der Waals surface area contributed by atoms with E-state index in [2.05, 4.69) is 42.2 Å². The summed E-state index contributed by atoms with van der Waals surface area (Å²) in [6.45, 7) is 4.10. The summed E-state index contributed by atoms with van der Waals surface area (Å²) in [5, 5.41) is 0. The van der Waals surface area contributed by atoms with E-state index in [0.29, 0.717) is 4.99 Å². The van der Waals surface area contributed by atoms with Gasteiger partial charge in [-0.15, -0.1) is 0 Å². The molecule has 3 rings (SSSR count). The molecule has 1 aliphatic heterocycles. The number of aryl methyl sites for hydroxylation is 2. The summed E-state index contributed by atoms with van der Waals surface area (Å²) < 4.78 is 0. The Morgan fingerprint density at radius 2 is 1.86 bits per heavy atom. The molecule has 0 amide bonds. The average molecular weight is 296 g/mol. The van der Waals surface area contributed by atoms with Crippen molar-refractivity contribution in [2.75, 3.05) is 11.4 Å². The molecule has 0 aromatic heterocycles. The number of nitrogens with zero attached hydrogens (tertiary/aromatic N) is 1. The van der Waals surface area contributed by atoms with Crippen molar-refractivity contribution < 1.29 is 0 Å². The van der Waals surface area contributed by atoms with Gasteiger partial charge in [0.15, 0.2) is 0 Å². The van der Waals surface area contributed by atoms with Crippen molar-refractivity contribution in [2.45, 2.75) is 26.3 Å². The fourth-order valence-corrected chi connectivity index (χ4v) is 3.33. The zero-order chi connectivity index (χ0) is 14.8. The lowest BCUT2D eigenvalue weighted by atomic mass is 10.0. The average Bonchev–Trinajstić information content (AvgIpc) is 2.68. The van der Waals surface area contributed by atoms with Crippen LogP contribution in [-0.4, -0.2) is 11.5 Å². The third kappa shape index (κ3) is 2.79. The van der Waals surface area contributed by atoms with Crippen LogP contribution in [0.3, 0.4) is 0 Å². The summed E-state index contributed by atoms with van der Waals surface area (Å²) >= 11 is 5.24. The fraction of sp³-hybridized carbons (Fsp3) is 0.278. The Hall–Kier alpha value is -1.87. The number of rotatable bonds is 2. The Balaban J connectivity index is 2.04. The largest absolute Gasteiger partial charge is 0.389 e. The van der Waals surface area contributed by atoms with E-state index in [1.807, 2.05) is 12.1 Å². The molecule has 0 aliphatic carbocycles. The second-order valence-electron chi connectivity index (χ2n) is 5.63. The van der Waals surface area contributed by atoms with Crippen molar-refractivity contribution in [1.29, 1.82) is 0 Å². The van der Waals surface area contributed by atoms with E-state index in [0.717, 1.165) is 31.5 Å². The van der Waals surface area contributed by atoms with Gasteiger partial charge >= 0.3 is 0 Å². The highest BCUT2D eigenvalue weighted by Gasteiger charge is 2.19. The Bertz CT molecular complexity index is 679. The Morgan fingerprint density at radius 3 is 2.62 bits per heavy atom. The van der Waals surface area contributed by atoms with Crippen LogP contribution in [0.5, 0.6) is 0 Å². The smallest absolute Gasteiger partial charge is 0.106 e. The molecule has 3 heteroatoms. The van der Waals surface area contributed by atoms with Gasteiger partial charge in [0.2, 0.25) is 0 Å². The van der Waals surface area contributed by atoms with Gasteiger partial charge in [0.05, 0.1) is 5.69 Å². The molecule has 0 spiro atoms. The molecule has 0 atom stereocenters.